The molecule has 3 N–H and O–H groups in total. The predicted octanol–water partition coefficient (Wildman–Crippen LogP) is 1.85. The molecule has 0 fully saturated rings. The largest absolute Gasteiger partial charge is 0.347 e. The molecule has 6 nitrogen and oxygen atoms in total. The molecule has 2 heterocycles. The minimum Gasteiger partial charge on any atom is -0.347 e. The molecule has 0 saturated heterocycles. The molecule has 0 aromatic carbocycles. The molecule has 2 aromatic heterocycles. The smallest absolute Gasteiger partial charge is 0.263 e. The minimum atomic E-state index is -0.138. The topological polar surface area (TPSA) is 93.8 Å². The van der Waals surface area contributed by atoms with Crippen molar-refractivity contribution >= 4 is 17.2 Å². The van der Waals surface area contributed by atoms with Crippen molar-refractivity contribution < 1.29 is 4.79 Å². The lowest BCUT2D eigenvalue weighted by Crippen LogP contribution is -2.39. The van der Waals surface area contributed by atoms with Crippen molar-refractivity contribution in [1.82, 2.24) is 20.3 Å². The first kappa shape index (κ1) is 15.5. The molecule has 2 rings (SSSR count). The number of nitrogens with zero attached hydrogens (tertiary/aromatic N) is 3. The lowest BCUT2D eigenvalue weighted by Gasteiger charge is -2.15. The van der Waals surface area contributed by atoms with E-state index in [2.05, 4.69) is 27.2 Å². The zero-order valence-corrected chi connectivity index (χ0v) is 12.8. The van der Waals surface area contributed by atoms with Gasteiger partial charge in [0.25, 0.3) is 5.91 Å². The van der Waals surface area contributed by atoms with Crippen LogP contribution in [0.25, 0.3) is 10.8 Å². The number of nitrogens with two attached hydrogens (primary N) is 1. The zero-order chi connectivity index (χ0) is 15.1. The van der Waals surface area contributed by atoms with E-state index in [0.717, 1.165) is 19.3 Å². The van der Waals surface area contributed by atoms with E-state index in [-0.39, 0.29) is 11.9 Å². The Labute approximate surface area is 127 Å². The van der Waals surface area contributed by atoms with Crippen molar-refractivity contribution in [2.45, 2.75) is 32.2 Å². The van der Waals surface area contributed by atoms with Crippen LogP contribution in [0.2, 0.25) is 0 Å². The molecule has 2 aromatic rings. The van der Waals surface area contributed by atoms with E-state index >= 15 is 0 Å². The van der Waals surface area contributed by atoms with Crippen LogP contribution in [0.5, 0.6) is 0 Å². The number of carbonyl (C=O) groups excluding carboxylic acids is 1. The van der Waals surface area contributed by atoms with Gasteiger partial charge in [-0.3, -0.25) is 4.79 Å². The molecular weight excluding hydrogens is 286 g/mol. The summed E-state index contributed by atoms with van der Waals surface area (Å²) in [6.07, 6.45) is 7.89. The van der Waals surface area contributed by atoms with Gasteiger partial charge in [-0.05, 0) is 12.5 Å². The summed E-state index contributed by atoms with van der Waals surface area (Å²) in [6.45, 7) is 2.56. The highest BCUT2D eigenvalue weighted by atomic mass is 32.1. The van der Waals surface area contributed by atoms with E-state index in [1.165, 1.54) is 11.3 Å². The molecule has 0 aliphatic heterocycles. The van der Waals surface area contributed by atoms with Gasteiger partial charge in [0.1, 0.15) is 4.88 Å². The third kappa shape index (κ3) is 4.30. The third-order valence-corrected chi connectivity index (χ3v) is 4.00. The normalized spacial score (nSPS) is 12.1. The van der Waals surface area contributed by atoms with Gasteiger partial charge >= 0.3 is 0 Å². The monoisotopic (exact) mass is 305 g/mol. The average molecular weight is 305 g/mol. The van der Waals surface area contributed by atoms with Crippen LogP contribution in [0.15, 0.2) is 24.7 Å². The predicted molar refractivity (Wildman–Crippen MR) is 83.0 cm³/mol. The molecule has 1 unspecified atom stereocenters. The highest BCUT2D eigenvalue weighted by Crippen LogP contribution is 2.21. The summed E-state index contributed by atoms with van der Waals surface area (Å²) in [5, 5.41) is 3.59. The molecule has 0 spiro atoms. The summed E-state index contributed by atoms with van der Waals surface area (Å²) in [6, 6.07) is 1.75. The molecule has 1 amide bonds. The molecule has 7 heteroatoms. The zero-order valence-electron chi connectivity index (χ0n) is 12.0. The van der Waals surface area contributed by atoms with E-state index in [0.29, 0.717) is 22.3 Å². The van der Waals surface area contributed by atoms with E-state index < -0.39 is 0 Å². The Bertz CT molecular complexity index is 572. The first-order chi connectivity index (χ1) is 10.2. The van der Waals surface area contributed by atoms with Crippen molar-refractivity contribution in [2.75, 3.05) is 6.54 Å². The first-order valence-electron chi connectivity index (χ1n) is 6.98. The van der Waals surface area contributed by atoms with Crippen LogP contribution >= 0.6 is 11.3 Å². The summed E-state index contributed by atoms with van der Waals surface area (Å²) in [7, 11) is 0. The van der Waals surface area contributed by atoms with Gasteiger partial charge in [0, 0.05) is 25.0 Å². The van der Waals surface area contributed by atoms with Crippen molar-refractivity contribution in [1.29, 1.82) is 0 Å². The van der Waals surface area contributed by atoms with E-state index in [1.807, 2.05) is 0 Å². The number of nitrogens with one attached hydrogen (secondary N) is 1. The number of rotatable bonds is 7. The highest BCUT2D eigenvalue weighted by molar-refractivity contribution is 7.16. The number of hydrogen-bond donors (Lipinski definition) is 2. The summed E-state index contributed by atoms with van der Waals surface area (Å²) in [5.41, 5.74) is 5.69. The van der Waals surface area contributed by atoms with Gasteiger partial charge in [-0.1, -0.05) is 19.8 Å². The van der Waals surface area contributed by atoms with Gasteiger partial charge < -0.3 is 11.1 Å². The molecule has 0 saturated carbocycles. The van der Waals surface area contributed by atoms with Gasteiger partial charge in [-0.15, -0.1) is 11.3 Å². The van der Waals surface area contributed by atoms with Crippen LogP contribution in [0.3, 0.4) is 0 Å². The van der Waals surface area contributed by atoms with Gasteiger partial charge in [0.05, 0.1) is 6.20 Å². The summed E-state index contributed by atoms with van der Waals surface area (Å²) in [5.74, 6) is 0.393. The third-order valence-electron chi connectivity index (χ3n) is 3.01. The maximum Gasteiger partial charge on any atom is 0.263 e. The fraction of sp³-hybridized carbons (Fsp3) is 0.429. The Morgan fingerprint density at radius 3 is 2.81 bits per heavy atom. The van der Waals surface area contributed by atoms with E-state index in [1.54, 1.807) is 24.7 Å². The molecule has 1 atom stereocenters. The summed E-state index contributed by atoms with van der Waals surface area (Å²) >= 11 is 1.28. The van der Waals surface area contributed by atoms with Gasteiger partial charge in [-0.2, -0.15) is 0 Å². The van der Waals surface area contributed by atoms with Crippen LogP contribution in [0.1, 0.15) is 35.9 Å². The lowest BCUT2D eigenvalue weighted by molar-refractivity contribution is 0.0939. The fourth-order valence-corrected chi connectivity index (χ4v) is 2.62. The van der Waals surface area contributed by atoms with Crippen LogP contribution in [0, 0.1) is 0 Å². The molecular formula is C14H19N5OS. The molecule has 0 aliphatic rings. The molecule has 112 valence electrons. The molecule has 0 aliphatic carbocycles. The Morgan fingerprint density at radius 2 is 2.14 bits per heavy atom. The van der Waals surface area contributed by atoms with Crippen LogP contribution in [-0.2, 0) is 0 Å². The quantitative estimate of drug-likeness (QED) is 0.814. The van der Waals surface area contributed by atoms with Crippen LogP contribution < -0.4 is 11.1 Å². The van der Waals surface area contributed by atoms with Crippen molar-refractivity contribution in [3.05, 3.63) is 29.5 Å². The Balaban J connectivity index is 2.02. The lowest BCUT2D eigenvalue weighted by atomic mass is 10.1. The molecule has 21 heavy (non-hydrogen) atoms. The van der Waals surface area contributed by atoms with Crippen molar-refractivity contribution in [2.24, 2.45) is 5.73 Å². The summed E-state index contributed by atoms with van der Waals surface area (Å²) < 4.78 is 0. The first-order valence-corrected chi connectivity index (χ1v) is 7.80. The van der Waals surface area contributed by atoms with E-state index in [9.17, 15) is 4.79 Å². The van der Waals surface area contributed by atoms with Crippen molar-refractivity contribution in [3.8, 4) is 10.8 Å². The number of hydrogen-bond acceptors (Lipinski definition) is 6. The Morgan fingerprint density at radius 1 is 1.38 bits per heavy atom. The number of amides is 1. The Kier molecular flexibility index (Phi) is 5.77. The highest BCUT2D eigenvalue weighted by Gasteiger charge is 2.16. The average Bonchev–Trinajstić information content (AvgIpc) is 3.02. The second-order valence-electron chi connectivity index (χ2n) is 4.65. The maximum absolute atomic E-state index is 12.2. The fourth-order valence-electron chi connectivity index (χ4n) is 1.85. The van der Waals surface area contributed by atoms with Crippen LogP contribution in [-0.4, -0.2) is 33.4 Å². The number of aromatic nitrogens is 3. The molecule has 0 radical (unpaired) electrons. The van der Waals surface area contributed by atoms with Crippen molar-refractivity contribution in [3.63, 3.8) is 0 Å². The number of carbonyl (C=O) groups is 1. The SMILES string of the molecule is CCCCC(CN)NC(=O)c1cnc(-c2ncccn2)s1. The van der Waals surface area contributed by atoms with E-state index in [4.69, 9.17) is 5.73 Å². The minimum absolute atomic E-state index is 0.0102. The van der Waals surface area contributed by atoms with Gasteiger partial charge in [0.15, 0.2) is 10.8 Å². The Hall–Kier alpha value is -1.86. The summed E-state index contributed by atoms with van der Waals surface area (Å²) in [4.78, 5) is 25.2. The van der Waals surface area contributed by atoms with Crippen LogP contribution in [0.4, 0.5) is 0 Å². The molecule has 0 bridgehead atoms. The second-order valence-corrected chi connectivity index (χ2v) is 5.68. The number of thiazole rings is 1. The maximum atomic E-state index is 12.2. The second kappa shape index (κ2) is 7.80. The standard InChI is InChI=1S/C14H19N5OS/c1-2-3-5-10(8-15)19-13(20)11-9-18-14(21-11)12-16-6-4-7-17-12/h4,6-7,9-10H,2-3,5,8,15H2,1H3,(H,19,20). The van der Waals surface area contributed by atoms with Gasteiger partial charge in [0.2, 0.25) is 0 Å². The van der Waals surface area contributed by atoms with Gasteiger partial charge in [-0.25, -0.2) is 15.0 Å². The number of unbranched alkanes of at least 4 members (excludes halogenated alkanes) is 1.